The number of nitrogens with zero attached hydrogens (tertiary/aromatic N) is 3. The molecule has 4 rings (SSSR count). The normalized spacial score (nSPS) is 13.2. The molecule has 196 valence electrons. The lowest BCUT2D eigenvalue weighted by Crippen LogP contribution is -2.45. The number of halogens is 3. The molecule has 0 aliphatic rings. The molecule has 1 aromatic heterocycles. The lowest BCUT2D eigenvalue weighted by molar-refractivity contribution is -0.174. The molecular formula is C28H31F3N4O2. The zero-order valence-electron chi connectivity index (χ0n) is 20.2. The number of rotatable bonds is 8. The van der Waals surface area contributed by atoms with Gasteiger partial charge in [0.1, 0.15) is 11.9 Å². The Morgan fingerprint density at radius 1 is 1.05 bits per heavy atom. The first-order valence-corrected chi connectivity index (χ1v) is 11.4. The van der Waals surface area contributed by atoms with Gasteiger partial charge in [-0.25, -0.2) is 4.68 Å². The van der Waals surface area contributed by atoms with Crippen molar-refractivity contribution < 1.29 is 22.7 Å². The average Bonchev–Trinajstić information content (AvgIpc) is 3.25. The summed E-state index contributed by atoms with van der Waals surface area (Å²) in [6, 6.07) is 21.4. The summed E-state index contributed by atoms with van der Waals surface area (Å²) in [6.45, 7) is 2.29. The molecule has 1 heterocycles. The summed E-state index contributed by atoms with van der Waals surface area (Å²) in [5.41, 5.74) is 3.57. The van der Waals surface area contributed by atoms with Crippen molar-refractivity contribution in [2.45, 2.75) is 39.2 Å². The molecule has 4 aromatic rings. The zero-order valence-corrected chi connectivity index (χ0v) is 20.2. The van der Waals surface area contributed by atoms with E-state index in [9.17, 15) is 18.0 Å². The van der Waals surface area contributed by atoms with Gasteiger partial charge in [-0.3, -0.25) is 4.79 Å². The third kappa shape index (κ3) is 6.68. The number of amides is 1. The van der Waals surface area contributed by atoms with E-state index >= 15 is 0 Å². The quantitative estimate of drug-likeness (QED) is 0.319. The number of alkyl halides is 3. The number of fused-ring (bicyclic) bond motifs is 1. The van der Waals surface area contributed by atoms with Crippen molar-refractivity contribution in [3.63, 3.8) is 0 Å². The molecule has 2 atom stereocenters. The minimum atomic E-state index is -4.98. The molecule has 0 saturated carbocycles. The van der Waals surface area contributed by atoms with Gasteiger partial charge in [0.2, 0.25) is 0 Å². The van der Waals surface area contributed by atoms with Gasteiger partial charge in [-0.15, -0.1) is 0 Å². The fourth-order valence-corrected chi connectivity index (χ4v) is 4.05. The largest absolute Gasteiger partial charge is 0.484 e. The monoisotopic (exact) mass is 512 g/mol. The summed E-state index contributed by atoms with van der Waals surface area (Å²) in [6.07, 6.45) is -4.10. The number of aromatic nitrogens is 2. The molecule has 1 N–H and O–H groups in total. The molecule has 0 fully saturated rings. The first-order chi connectivity index (χ1) is 17.1. The van der Waals surface area contributed by atoms with E-state index in [0.29, 0.717) is 11.3 Å². The van der Waals surface area contributed by atoms with Crippen molar-refractivity contribution in [2.75, 3.05) is 14.1 Å². The Morgan fingerprint density at radius 2 is 1.78 bits per heavy atom. The van der Waals surface area contributed by atoms with Crippen molar-refractivity contribution >= 4 is 16.8 Å². The molecule has 0 bridgehead atoms. The van der Waals surface area contributed by atoms with Gasteiger partial charge in [-0.05, 0) is 62.5 Å². The van der Waals surface area contributed by atoms with Crippen LogP contribution in [0.15, 0.2) is 79.0 Å². The highest BCUT2D eigenvalue weighted by atomic mass is 19.4. The van der Waals surface area contributed by atoms with Gasteiger partial charge in [0.25, 0.3) is 0 Å². The topological polar surface area (TPSA) is 59.4 Å². The van der Waals surface area contributed by atoms with E-state index in [1.54, 1.807) is 48.7 Å². The molecule has 0 saturated heterocycles. The maximum atomic E-state index is 12.8. The van der Waals surface area contributed by atoms with Crippen LogP contribution in [-0.2, 0) is 11.3 Å². The second kappa shape index (κ2) is 11.5. The molecule has 0 aliphatic heterocycles. The van der Waals surface area contributed by atoms with Gasteiger partial charge in [0.15, 0.2) is 0 Å². The van der Waals surface area contributed by atoms with Crippen molar-refractivity contribution in [3.05, 3.63) is 90.1 Å². The Hall–Kier alpha value is -3.85. The molecule has 9 heteroatoms. The molecule has 1 amide bonds. The van der Waals surface area contributed by atoms with Crippen LogP contribution in [-0.4, -0.2) is 46.9 Å². The van der Waals surface area contributed by atoms with Crippen LogP contribution in [0.5, 0.6) is 5.75 Å². The molecule has 0 unspecified atom stereocenters. The fourth-order valence-electron chi connectivity index (χ4n) is 4.05. The smallest absolute Gasteiger partial charge is 0.471 e. The van der Waals surface area contributed by atoms with E-state index in [1.165, 1.54) is 6.92 Å². The minimum absolute atomic E-state index is 0. The number of carbonyl (C=O) groups excluding carboxylic acids is 1. The maximum absolute atomic E-state index is 12.8. The Bertz CT molecular complexity index is 1340. The predicted molar refractivity (Wildman–Crippen MR) is 139 cm³/mol. The van der Waals surface area contributed by atoms with E-state index in [2.05, 4.69) is 22.1 Å². The van der Waals surface area contributed by atoms with Crippen LogP contribution in [0.2, 0.25) is 0 Å². The van der Waals surface area contributed by atoms with E-state index in [-0.39, 0.29) is 7.43 Å². The molecule has 0 aliphatic carbocycles. The predicted octanol–water partition coefficient (Wildman–Crippen LogP) is 5.91. The van der Waals surface area contributed by atoms with Gasteiger partial charge in [0, 0.05) is 11.9 Å². The summed E-state index contributed by atoms with van der Waals surface area (Å²) < 4.78 is 46.5. The van der Waals surface area contributed by atoms with Crippen LogP contribution in [0.1, 0.15) is 31.6 Å². The average molecular weight is 513 g/mol. The number of carbonyl (C=O) groups is 1. The van der Waals surface area contributed by atoms with Crippen LogP contribution in [0.4, 0.5) is 13.2 Å². The van der Waals surface area contributed by atoms with Crippen LogP contribution in [0, 0.1) is 0 Å². The molecule has 37 heavy (non-hydrogen) atoms. The van der Waals surface area contributed by atoms with Crippen molar-refractivity contribution in [1.82, 2.24) is 20.0 Å². The van der Waals surface area contributed by atoms with E-state index in [0.717, 1.165) is 28.7 Å². The number of ether oxygens (including phenoxy) is 1. The van der Waals surface area contributed by atoms with Crippen molar-refractivity contribution in [2.24, 2.45) is 0 Å². The second-order valence-electron chi connectivity index (χ2n) is 8.89. The van der Waals surface area contributed by atoms with Crippen LogP contribution >= 0.6 is 0 Å². The first-order valence-electron chi connectivity index (χ1n) is 11.4. The summed E-state index contributed by atoms with van der Waals surface area (Å²) in [4.78, 5) is 13.6. The lowest BCUT2D eigenvalue weighted by atomic mass is 10.0. The number of hydrogen-bond acceptors (Lipinski definition) is 4. The van der Waals surface area contributed by atoms with Gasteiger partial charge < -0.3 is 15.0 Å². The van der Waals surface area contributed by atoms with Gasteiger partial charge in [0.05, 0.1) is 23.4 Å². The summed E-state index contributed by atoms with van der Waals surface area (Å²) in [5, 5.41) is 7.35. The molecule has 3 aromatic carbocycles. The molecule has 0 spiro atoms. The third-order valence-electron chi connectivity index (χ3n) is 5.65. The molecule has 0 radical (unpaired) electrons. The SMILES string of the molecule is C.C[C@H](NC(=O)C(F)(F)F)[C@H](Oc1ccc2c(cnn2-c2cccc(CN(C)C)c2)c1)c1ccccc1. The highest BCUT2D eigenvalue weighted by molar-refractivity contribution is 5.82. The van der Waals surface area contributed by atoms with E-state index in [4.69, 9.17) is 4.74 Å². The Balaban J connectivity index is 0.00000380. The van der Waals surface area contributed by atoms with Crippen molar-refractivity contribution in [1.29, 1.82) is 0 Å². The molecule has 6 nitrogen and oxygen atoms in total. The highest BCUT2D eigenvalue weighted by Crippen LogP contribution is 2.29. The highest BCUT2D eigenvalue weighted by Gasteiger charge is 2.40. The van der Waals surface area contributed by atoms with Crippen LogP contribution < -0.4 is 10.1 Å². The number of benzene rings is 3. The summed E-state index contributed by atoms with van der Waals surface area (Å²) in [7, 11) is 4.02. The minimum Gasteiger partial charge on any atom is -0.484 e. The number of hydrogen-bond donors (Lipinski definition) is 1. The fraction of sp³-hybridized carbons (Fsp3) is 0.286. The summed E-state index contributed by atoms with van der Waals surface area (Å²) in [5.74, 6) is -1.56. The van der Waals surface area contributed by atoms with Gasteiger partial charge in [-0.2, -0.15) is 18.3 Å². The van der Waals surface area contributed by atoms with Crippen LogP contribution in [0.25, 0.3) is 16.6 Å². The molecular weight excluding hydrogens is 481 g/mol. The van der Waals surface area contributed by atoms with Crippen LogP contribution in [0.3, 0.4) is 0 Å². The Labute approximate surface area is 214 Å². The Kier molecular flexibility index (Phi) is 8.60. The third-order valence-corrected chi connectivity index (χ3v) is 5.65. The van der Waals surface area contributed by atoms with Gasteiger partial charge in [-0.1, -0.05) is 49.9 Å². The first kappa shape index (κ1) is 27.7. The summed E-state index contributed by atoms with van der Waals surface area (Å²) >= 11 is 0. The number of nitrogens with one attached hydrogen (secondary N) is 1. The van der Waals surface area contributed by atoms with Crippen molar-refractivity contribution in [3.8, 4) is 11.4 Å². The Morgan fingerprint density at radius 3 is 2.46 bits per heavy atom. The zero-order chi connectivity index (χ0) is 25.9. The van der Waals surface area contributed by atoms with Gasteiger partial charge >= 0.3 is 12.1 Å². The van der Waals surface area contributed by atoms with E-state index in [1.807, 2.05) is 42.3 Å². The lowest BCUT2D eigenvalue weighted by Gasteiger charge is -2.27. The maximum Gasteiger partial charge on any atom is 0.471 e. The standard InChI is InChI=1S/C27H27F3N4O2.CH4/c1-18(32-26(35)27(28,29)30)25(20-9-5-4-6-10-20)36-23-12-13-24-21(15-23)16-31-34(24)22-11-7-8-19(14-22)17-33(2)3;/h4-16,18,25H,17H2,1-3H3,(H,32,35);1H4/t18-,25-;/m0./s1. The van der Waals surface area contributed by atoms with E-state index < -0.39 is 24.2 Å². The second-order valence-corrected chi connectivity index (χ2v) is 8.89.